The van der Waals surface area contributed by atoms with Gasteiger partial charge in [0.05, 0.1) is 7.11 Å². The first-order valence-corrected chi connectivity index (χ1v) is 7.72. The zero-order chi connectivity index (χ0) is 17.7. The third-order valence-electron chi connectivity index (χ3n) is 4.11. The van der Waals surface area contributed by atoms with Gasteiger partial charge in [-0.1, -0.05) is 12.1 Å². The van der Waals surface area contributed by atoms with Crippen molar-refractivity contribution >= 4 is 6.03 Å². The summed E-state index contributed by atoms with van der Waals surface area (Å²) in [6.45, 7) is 0.565. The number of hydrogen-bond donors (Lipinski definition) is 2. The maximum Gasteiger partial charge on any atom is 0.412 e. The number of alkyl halides is 3. The highest BCUT2D eigenvalue weighted by Gasteiger charge is 2.42. The molecule has 2 amide bonds. The van der Waals surface area contributed by atoms with Crippen molar-refractivity contribution in [2.24, 2.45) is 5.92 Å². The molecule has 1 fully saturated rings. The largest absolute Gasteiger partial charge is 0.497 e. The first-order chi connectivity index (χ1) is 11.3. The van der Waals surface area contributed by atoms with Crippen LogP contribution in [0, 0.1) is 5.92 Å². The number of halogens is 3. The van der Waals surface area contributed by atoms with Crippen LogP contribution in [0.4, 0.5) is 18.0 Å². The van der Waals surface area contributed by atoms with Crippen LogP contribution in [-0.4, -0.2) is 49.0 Å². The van der Waals surface area contributed by atoms with Gasteiger partial charge in [0.15, 0.2) is 6.04 Å². The summed E-state index contributed by atoms with van der Waals surface area (Å²) in [6, 6.07) is 2.54. The molecule has 0 bridgehead atoms. The van der Waals surface area contributed by atoms with Gasteiger partial charge in [0.25, 0.3) is 0 Å². The van der Waals surface area contributed by atoms with Crippen LogP contribution >= 0.6 is 0 Å². The van der Waals surface area contributed by atoms with E-state index >= 15 is 0 Å². The van der Waals surface area contributed by atoms with Crippen LogP contribution in [0.25, 0.3) is 0 Å². The van der Waals surface area contributed by atoms with Gasteiger partial charge < -0.3 is 20.1 Å². The van der Waals surface area contributed by atoms with E-state index in [1.807, 2.05) is 0 Å². The fraction of sp³-hybridized carbons (Fsp3) is 0.562. The smallest absolute Gasteiger partial charge is 0.412 e. The third kappa shape index (κ3) is 4.53. The Balaban J connectivity index is 2.12. The van der Waals surface area contributed by atoms with E-state index in [9.17, 15) is 23.1 Å². The Labute approximate surface area is 138 Å². The van der Waals surface area contributed by atoms with Crippen LogP contribution in [0.5, 0.6) is 5.75 Å². The van der Waals surface area contributed by atoms with Crippen molar-refractivity contribution in [3.63, 3.8) is 0 Å². The number of likely N-dealkylation sites (tertiary alicyclic amines) is 1. The van der Waals surface area contributed by atoms with Crippen LogP contribution in [-0.2, 0) is 0 Å². The highest BCUT2D eigenvalue weighted by molar-refractivity contribution is 5.75. The number of piperidine rings is 1. The molecule has 1 aliphatic heterocycles. The number of benzene rings is 1. The molecule has 8 heteroatoms. The Morgan fingerprint density at radius 3 is 2.62 bits per heavy atom. The number of rotatable bonds is 4. The summed E-state index contributed by atoms with van der Waals surface area (Å²) in [5, 5.41) is 11.2. The molecule has 0 aliphatic carbocycles. The fourth-order valence-electron chi connectivity index (χ4n) is 2.76. The summed E-state index contributed by atoms with van der Waals surface area (Å²) in [5.41, 5.74) is -0.0626. The number of carbonyl (C=O) groups is 1. The van der Waals surface area contributed by atoms with Gasteiger partial charge in [0.1, 0.15) is 5.75 Å². The van der Waals surface area contributed by atoms with E-state index < -0.39 is 18.2 Å². The predicted molar refractivity (Wildman–Crippen MR) is 81.7 cm³/mol. The number of methoxy groups -OCH3 is 1. The molecule has 2 rings (SSSR count). The molecule has 24 heavy (non-hydrogen) atoms. The molecule has 0 aromatic heterocycles. The van der Waals surface area contributed by atoms with Crippen molar-refractivity contribution in [2.75, 3.05) is 26.8 Å². The van der Waals surface area contributed by atoms with E-state index in [2.05, 4.69) is 5.32 Å². The molecule has 0 saturated carbocycles. The van der Waals surface area contributed by atoms with Crippen LogP contribution in [0.1, 0.15) is 24.4 Å². The summed E-state index contributed by atoms with van der Waals surface area (Å²) in [6.07, 6.45) is -3.18. The van der Waals surface area contributed by atoms with Gasteiger partial charge in [0.2, 0.25) is 0 Å². The van der Waals surface area contributed by atoms with E-state index in [-0.39, 0.29) is 24.6 Å². The van der Waals surface area contributed by atoms with Gasteiger partial charge in [-0.2, -0.15) is 13.2 Å². The summed E-state index contributed by atoms with van der Waals surface area (Å²) >= 11 is 0. The lowest BCUT2D eigenvalue weighted by atomic mass is 9.99. The lowest BCUT2D eigenvalue weighted by Gasteiger charge is -2.33. The number of aliphatic hydroxyl groups excluding tert-OH is 1. The zero-order valence-electron chi connectivity index (χ0n) is 13.3. The Kier molecular flexibility index (Phi) is 5.93. The lowest BCUT2D eigenvalue weighted by molar-refractivity contribution is -0.155. The second-order valence-electron chi connectivity index (χ2n) is 5.83. The number of nitrogens with zero attached hydrogens (tertiary/aromatic N) is 1. The number of ether oxygens (including phenoxy) is 1. The normalized spacial score (nSPS) is 19.7. The monoisotopic (exact) mass is 346 g/mol. The molecule has 1 aromatic rings. The number of amides is 2. The average molecular weight is 346 g/mol. The summed E-state index contributed by atoms with van der Waals surface area (Å²) < 4.78 is 45.0. The van der Waals surface area contributed by atoms with Crippen molar-refractivity contribution in [1.29, 1.82) is 0 Å². The Bertz CT molecular complexity index is 548. The van der Waals surface area contributed by atoms with E-state index in [1.165, 1.54) is 36.3 Å². The van der Waals surface area contributed by atoms with Gasteiger partial charge in [-0.3, -0.25) is 0 Å². The van der Waals surface area contributed by atoms with Crippen molar-refractivity contribution in [2.45, 2.75) is 25.1 Å². The summed E-state index contributed by atoms with van der Waals surface area (Å²) in [7, 11) is 1.42. The summed E-state index contributed by atoms with van der Waals surface area (Å²) in [5.74, 6) is 0.350. The topological polar surface area (TPSA) is 61.8 Å². The standard InChI is InChI=1S/C16H21F3N2O3/c1-24-13-6-4-12(5-7-13)14(16(17,18)19)20-15(23)21-8-2-3-11(9-21)10-22/h4-7,11,14,22H,2-3,8-10H2,1H3,(H,20,23)/t11-,14-/m1/s1. The lowest BCUT2D eigenvalue weighted by Crippen LogP contribution is -2.49. The number of aliphatic hydroxyl groups is 1. The summed E-state index contributed by atoms with van der Waals surface area (Å²) in [4.78, 5) is 13.5. The molecule has 2 N–H and O–H groups in total. The maximum absolute atomic E-state index is 13.4. The van der Waals surface area contributed by atoms with Gasteiger partial charge in [-0.25, -0.2) is 4.79 Å². The molecular formula is C16H21F3N2O3. The van der Waals surface area contributed by atoms with Crippen molar-refractivity contribution in [3.05, 3.63) is 29.8 Å². The minimum Gasteiger partial charge on any atom is -0.497 e. The van der Waals surface area contributed by atoms with Crippen LogP contribution < -0.4 is 10.1 Å². The van der Waals surface area contributed by atoms with E-state index in [1.54, 1.807) is 0 Å². The zero-order valence-corrected chi connectivity index (χ0v) is 13.3. The molecule has 0 radical (unpaired) electrons. The van der Waals surface area contributed by atoms with Gasteiger partial charge in [-0.05, 0) is 36.5 Å². The molecule has 1 saturated heterocycles. The van der Waals surface area contributed by atoms with Crippen LogP contribution in [0.15, 0.2) is 24.3 Å². The number of nitrogens with one attached hydrogen (secondary N) is 1. The molecule has 0 spiro atoms. The Hall–Kier alpha value is -1.96. The predicted octanol–water partition coefficient (Wildman–Crippen LogP) is 2.71. The second-order valence-corrected chi connectivity index (χ2v) is 5.83. The molecular weight excluding hydrogens is 325 g/mol. The van der Waals surface area contributed by atoms with Crippen LogP contribution in [0.3, 0.4) is 0 Å². The van der Waals surface area contributed by atoms with E-state index in [0.29, 0.717) is 18.7 Å². The SMILES string of the molecule is COc1ccc([C@@H](NC(=O)N2CCC[C@@H](CO)C2)C(F)(F)F)cc1. The Morgan fingerprint density at radius 1 is 1.42 bits per heavy atom. The number of urea groups is 1. The van der Waals surface area contributed by atoms with Gasteiger partial charge in [-0.15, -0.1) is 0 Å². The number of carbonyl (C=O) groups excluding carboxylic acids is 1. The van der Waals surface area contributed by atoms with E-state index in [0.717, 1.165) is 6.42 Å². The average Bonchev–Trinajstić information content (AvgIpc) is 2.58. The molecule has 134 valence electrons. The Morgan fingerprint density at radius 2 is 2.08 bits per heavy atom. The van der Waals surface area contributed by atoms with Crippen LogP contribution in [0.2, 0.25) is 0 Å². The second kappa shape index (κ2) is 7.74. The first-order valence-electron chi connectivity index (χ1n) is 7.72. The molecule has 1 heterocycles. The minimum atomic E-state index is -4.61. The van der Waals surface area contributed by atoms with Gasteiger partial charge in [0, 0.05) is 19.7 Å². The quantitative estimate of drug-likeness (QED) is 0.881. The highest BCUT2D eigenvalue weighted by Crippen LogP contribution is 2.33. The molecule has 1 aliphatic rings. The molecule has 0 unspecified atom stereocenters. The van der Waals surface area contributed by atoms with Gasteiger partial charge >= 0.3 is 12.2 Å². The maximum atomic E-state index is 13.4. The highest BCUT2D eigenvalue weighted by atomic mass is 19.4. The van der Waals surface area contributed by atoms with Crippen molar-refractivity contribution in [1.82, 2.24) is 10.2 Å². The minimum absolute atomic E-state index is 0.0626. The van der Waals surface area contributed by atoms with E-state index in [4.69, 9.17) is 4.74 Å². The molecule has 1 aromatic carbocycles. The van der Waals surface area contributed by atoms with Crippen molar-refractivity contribution < 1.29 is 27.8 Å². The fourth-order valence-corrected chi connectivity index (χ4v) is 2.76. The number of hydrogen-bond acceptors (Lipinski definition) is 3. The molecule has 5 nitrogen and oxygen atoms in total. The molecule has 2 atom stereocenters. The third-order valence-corrected chi connectivity index (χ3v) is 4.11. The van der Waals surface area contributed by atoms with Crippen molar-refractivity contribution in [3.8, 4) is 5.75 Å². The first kappa shape index (κ1) is 18.4.